The van der Waals surface area contributed by atoms with Gasteiger partial charge in [0.1, 0.15) is 5.84 Å². The molecular formula is C9H13N3O. The lowest BCUT2D eigenvalue weighted by molar-refractivity contribution is 0.290. The molecule has 0 spiro atoms. The number of methoxy groups -OCH3 is 1. The zero-order valence-electron chi connectivity index (χ0n) is 8.09. The molecule has 0 aromatic heterocycles. The molecule has 0 aliphatic carbocycles. The Hall–Kier alpha value is -1.58. The summed E-state index contributed by atoms with van der Waals surface area (Å²) < 4.78 is 4.83. The number of aliphatic imine (C=N–C) groups is 2. The summed E-state index contributed by atoms with van der Waals surface area (Å²) >= 11 is 0. The van der Waals surface area contributed by atoms with Crippen LogP contribution in [0.15, 0.2) is 34.2 Å². The van der Waals surface area contributed by atoms with Crippen molar-refractivity contribution in [2.24, 2.45) is 9.98 Å². The van der Waals surface area contributed by atoms with Crippen LogP contribution in [-0.2, 0) is 4.74 Å². The summed E-state index contributed by atoms with van der Waals surface area (Å²) in [5.41, 5.74) is 0.885. The molecule has 0 saturated heterocycles. The lowest BCUT2D eigenvalue weighted by Crippen LogP contribution is -2.14. The lowest BCUT2D eigenvalue weighted by Gasteiger charge is -1.99. The number of amidine groups is 2. The van der Waals surface area contributed by atoms with Crippen molar-refractivity contribution in [2.45, 2.75) is 13.8 Å². The highest BCUT2D eigenvalue weighted by Crippen LogP contribution is 2.07. The Morgan fingerprint density at radius 1 is 1.69 bits per heavy atom. The molecule has 0 radical (unpaired) electrons. The van der Waals surface area contributed by atoms with E-state index >= 15 is 0 Å². The van der Waals surface area contributed by atoms with Crippen LogP contribution in [0.3, 0.4) is 0 Å². The van der Waals surface area contributed by atoms with Crippen molar-refractivity contribution in [1.29, 1.82) is 0 Å². The minimum atomic E-state index is 0.356. The maximum Gasteiger partial charge on any atom is 0.207 e. The first-order chi connectivity index (χ1) is 6.17. The molecular weight excluding hydrogens is 166 g/mol. The molecule has 0 atom stereocenters. The van der Waals surface area contributed by atoms with Gasteiger partial charge in [0.15, 0.2) is 5.84 Å². The van der Waals surface area contributed by atoms with Gasteiger partial charge in [-0.15, -0.1) is 0 Å². The number of allylic oxidation sites excluding steroid dienone is 1. The predicted octanol–water partition coefficient (Wildman–Crippen LogP) is 1.43. The van der Waals surface area contributed by atoms with Crippen LogP contribution in [-0.4, -0.2) is 18.8 Å². The van der Waals surface area contributed by atoms with Crippen molar-refractivity contribution in [3.63, 3.8) is 0 Å². The van der Waals surface area contributed by atoms with E-state index in [2.05, 4.69) is 21.9 Å². The van der Waals surface area contributed by atoms with Crippen LogP contribution in [0, 0.1) is 0 Å². The van der Waals surface area contributed by atoms with Gasteiger partial charge in [0.2, 0.25) is 5.88 Å². The Morgan fingerprint density at radius 3 is 2.92 bits per heavy atom. The van der Waals surface area contributed by atoms with Gasteiger partial charge in [0, 0.05) is 0 Å². The molecule has 70 valence electrons. The van der Waals surface area contributed by atoms with Crippen molar-refractivity contribution < 1.29 is 4.74 Å². The molecule has 0 amide bonds. The van der Waals surface area contributed by atoms with Crippen LogP contribution in [0.25, 0.3) is 0 Å². The summed E-state index contributed by atoms with van der Waals surface area (Å²) in [7, 11) is 1.53. The number of nitrogens with one attached hydrogen (secondary N) is 1. The maximum atomic E-state index is 4.83. The van der Waals surface area contributed by atoms with E-state index in [1.165, 1.54) is 7.11 Å². The lowest BCUT2D eigenvalue weighted by atomic mass is 10.4. The molecule has 1 heterocycles. The first-order valence-corrected chi connectivity index (χ1v) is 3.98. The van der Waals surface area contributed by atoms with Gasteiger partial charge in [0.25, 0.3) is 0 Å². The highest BCUT2D eigenvalue weighted by molar-refractivity contribution is 6.13. The van der Waals surface area contributed by atoms with E-state index < -0.39 is 0 Å². The third kappa shape index (κ3) is 2.18. The average molecular weight is 179 g/mol. The Labute approximate surface area is 77.7 Å². The van der Waals surface area contributed by atoms with E-state index in [0.29, 0.717) is 11.7 Å². The zero-order valence-corrected chi connectivity index (χ0v) is 8.09. The monoisotopic (exact) mass is 179 g/mol. The highest BCUT2D eigenvalue weighted by Gasteiger charge is 2.13. The molecule has 1 aliphatic heterocycles. The summed E-state index contributed by atoms with van der Waals surface area (Å²) in [4.78, 5) is 8.25. The fourth-order valence-electron chi connectivity index (χ4n) is 0.948. The molecule has 0 unspecified atom stereocenters. The van der Waals surface area contributed by atoms with Crippen molar-refractivity contribution in [3.05, 3.63) is 24.2 Å². The van der Waals surface area contributed by atoms with Crippen LogP contribution < -0.4 is 5.32 Å². The first-order valence-electron chi connectivity index (χ1n) is 3.98. The third-order valence-corrected chi connectivity index (χ3v) is 1.58. The SMILES string of the molecule is C=C(/N=C1/N=C(C)N/C1=C/C)OC. The minimum absolute atomic E-state index is 0.356. The predicted molar refractivity (Wildman–Crippen MR) is 53.6 cm³/mol. The Balaban J connectivity index is 2.90. The molecule has 13 heavy (non-hydrogen) atoms. The summed E-state index contributed by atoms with van der Waals surface area (Å²) in [5, 5.41) is 3.07. The number of ether oxygens (including phenoxy) is 1. The van der Waals surface area contributed by atoms with Crippen LogP contribution in [0.2, 0.25) is 0 Å². The number of hydrogen-bond acceptors (Lipinski definition) is 3. The minimum Gasteiger partial charge on any atom is -0.481 e. The Morgan fingerprint density at radius 2 is 2.38 bits per heavy atom. The molecule has 4 nitrogen and oxygen atoms in total. The number of hydrogen-bond donors (Lipinski definition) is 1. The van der Waals surface area contributed by atoms with E-state index in [1.54, 1.807) is 0 Å². The smallest absolute Gasteiger partial charge is 0.207 e. The largest absolute Gasteiger partial charge is 0.481 e. The number of rotatable bonds is 2. The van der Waals surface area contributed by atoms with Gasteiger partial charge >= 0.3 is 0 Å². The summed E-state index contributed by atoms with van der Waals surface area (Å²) in [6.07, 6.45) is 1.90. The molecule has 1 aliphatic rings. The molecule has 0 fully saturated rings. The Bertz CT molecular complexity index is 313. The molecule has 1 rings (SSSR count). The molecule has 4 heteroatoms. The van der Waals surface area contributed by atoms with Crippen LogP contribution >= 0.6 is 0 Å². The molecule has 0 saturated carbocycles. The summed E-state index contributed by atoms with van der Waals surface area (Å²) in [6.45, 7) is 7.39. The second-order valence-electron chi connectivity index (χ2n) is 2.56. The molecule has 0 aromatic rings. The maximum absolute atomic E-state index is 4.83. The van der Waals surface area contributed by atoms with Gasteiger partial charge in [-0.2, -0.15) is 4.99 Å². The summed E-state index contributed by atoms with van der Waals surface area (Å²) in [5.74, 6) is 1.80. The van der Waals surface area contributed by atoms with E-state index in [4.69, 9.17) is 4.74 Å². The average Bonchev–Trinajstić information content (AvgIpc) is 2.46. The van der Waals surface area contributed by atoms with E-state index in [9.17, 15) is 0 Å². The van der Waals surface area contributed by atoms with Crippen LogP contribution in [0.5, 0.6) is 0 Å². The van der Waals surface area contributed by atoms with Crippen molar-refractivity contribution in [3.8, 4) is 0 Å². The van der Waals surface area contributed by atoms with Gasteiger partial charge in [-0.3, -0.25) is 0 Å². The normalized spacial score (nSPS) is 21.6. The first kappa shape index (κ1) is 9.51. The van der Waals surface area contributed by atoms with Gasteiger partial charge in [-0.05, 0) is 20.4 Å². The van der Waals surface area contributed by atoms with Crippen molar-refractivity contribution in [2.75, 3.05) is 7.11 Å². The van der Waals surface area contributed by atoms with E-state index in [-0.39, 0.29) is 0 Å². The van der Waals surface area contributed by atoms with E-state index in [1.807, 2.05) is 19.9 Å². The highest BCUT2D eigenvalue weighted by atomic mass is 16.5. The third-order valence-electron chi connectivity index (χ3n) is 1.58. The van der Waals surface area contributed by atoms with Gasteiger partial charge in [0.05, 0.1) is 12.8 Å². The summed E-state index contributed by atoms with van der Waals surface area (Å²) in [6, 6.07) is 0. The quantitative estimate of drug-likeness (QED) is 0.652. The van der Waals surface area contributed by atoms with Crippen LogP contribution in [0.1, 0.15) is 13.8 Å². The van der Waals surface area contributed by atoms with Gasteiger partial charge in [-0.25, -0.2) is 4.99 Å². The van der Waals surface area contributed by atoms with E-state index in [0.717, 1.165) is 11.5 Å². The number of nitrogens with zero attached hydrogens (tertiary/aromatic N) is 2. The second kappa shape index (κ2) is 3.89. The van der Waals surface area contributed by atoms with Crippen molar-refractivity contribution in [1.82, 2.24) is 5.32 Å². The van der Waals surface area contributed by atoms with Gasteiger partial charge < -0.3 is 10.1 Å². The fourth-order valence-corrected chi connectivity index (χ4v) is 0.948. The zero-order chi connectivity index (χ0) is 9.84. The van der Waals surface area contributed by atoms with Gasteiger partial charge in [-0.1, -0.05) is 6.08 Å². The molecule has 0 aromatic carbocycles. The second-order valence-corrected chi connectivity index (χ2v) is 2.56. The fraction of sp³-hybridized carbons (Fsp3) is 0.333. The Kier molecular flexibility index (Phi) is 2.84. The standard InChI is InChI=1S/C9H13N3O/c1-5-8-9(11-6(2)10-8)12-7(3)13-4/h5H,3H2,1-2,4H3,(H,10,11,12)/b8-5+. The molecule has 1 N–H and O–H groups in total. The van der Waals surface area contributed by atoms with Crippen LogP contribution in [0.4, 0.5) is 0 Å². The topological polar surface area (TPSA) is 46.0 Å². The van der Waals surface area contributed by atoms with Crippen molar-refractivity contribution >= 4 is 11.7 Å². The molecule has 0 bridgehead atoms.